The van der Waals surface area contributed by atoms with E-state index in [0.29, 0.717) is 0 Å². The van der Waals surface area contributed by atoms with E-state index in [1.165, 1.54) is 18.5 Å². The highest BCUT2D eigenvalue weighted by atomic mass is 16.3. The van der Waals surface area contributed by atoms with Crippen molar-refractivity contribution in [2.75, 3.05) is 20.1 Å². The second-order valence-corrected chi connectivity index (χ2v) is 3.72. The van der Waals surface area contributed by atoms with Gasteiger partial charge in [0.25, 0.3) is 0 Å². The van der Waals surface area contributed by atoms with E-state index in [0.717, 1.165) is 19.4 Å². The average Bonchev–Trinajstić information content (AvgIpc) is 2.15. The Morgan fingerprint density at radius 2 is 2.17 bits per heavy atom. The third-order valence-corrected chi connectivity index (χ3v) is 2.33. The predicted octanol–water partition coefficient (Wildman–Crippen LogP) is 1.41. The van der Waals surface area contributed by atoms with Crippen LogP contribution >= 0.6 is 0 Å². The predicted molar refractivity (Wildman–Crippen MR) is 51.1 cm³/mol. The van der Waals surface area contributed by atoms with Crippen molar-refractivity contribution in [3.63, 3.8) is 0 Å². The van der Waals surface area contributed by atoms with E-state index in [1.54, 1.807) is 0 Å². The van der Waals surface area contributed by atoms with E-state index >= 15 is 0 Å². The molecule has 0 amide bonds. The highest BCUT2D eigenvalue weighted by Crippen LogP contribution is 2.15. The standard InChI is InChI=1S/C10H19NO/c1-9(12)8-10-4-3-6-11(2)7-5-10/h8-9,12H,3-7H2,1-2H3/b10-8-. The molecular formula is C10H19NO. The van der Waals surface area contributed by atoms with Crippen LogP contribution in [0.15, 0.2) is 11.6 Å². The first kappa shape index (κ1) is 9.75. The maximum Gasteiger partial charge on any atom is 0.0695 e. The summed E-state index contributed by atoms with van der Waals surface area (Å²) in [5.74, 6) is 0. The molecule has 0 saturated carbocycles. The van der Waals surface area contributed by atoms with Crippen molar-refractivity contribution < 1.29 is 5.11 Å². The van der Waals surface area contributed by atoms with Crippen LogP contribution in [-0.4, -0.2) is 36.2 Å². The van der Waals surface area contributed by atoms with Crippen LogP contribution in [-0.2, 0) is 0 Å². The fourth-order valence-electron chi connectivity index (χ4n) is 1.66. The van der Waals surface area contributed by atoms with Crippen LogP contribution in [0, 0.1) is 0 Å². The summed E-state index contributed by atoms with van der Waals surface area (Å²) in [6.07, 6.45) is 5.24. The van der Waals surface area contributed by atoms with E-state index in [1.807, 2.05) is 13.0 Å². The van der Waals surface area contributed by atoms with Gasteiger partial charge in [0, 0.05) is 6.54 Å². The number of aliphatic hydroxyl groups excluding tert-OH is 1. The SMILES string of the molecule is CC(O)/C=C1/CCCN(C)CC1. The molecule has 2 heteroatoms. The molecule has 0 bridgehead atoms. The van der Waals surface area contributed by atoms with Gasteiger partial charge in [0.2, 0.25) is 0 Å². The van der Waals surface area contributed by atoms with Gasteiger partial charge >= 0.3 is 0 Å². The molecule has 0 spiro atoms. The molecule has 1 heterocycles. The molecule has 2 nitrogen and oxygen atoms in total. The summed E-state index contributed by atoms with van der Waals surface area (Å²) in [6, 6.07) is 0. The first-order chi connectivity index (χ1) is 5.68. The van der Waals surface area contributed by atoms with Crippen molar-refractivity contribution in [1.29, 1.82) is 0 Å². The van der Waals surface area contributed by atoms with Crippen LogP contribution in [0.25, 0.3) is 0 Å². The fraction of sp³-hybridized carbons (Fsp3) is 0.800. The summed E-state index contributed by atoms with van der Waals surface area (Å²) in [4.78, 5) is 2.35. The highest BCUT2D eigenvalue weighted by Gasteiger charge is 2.08. The van der Waals surface area contributed by atoms with Crippen molar-refractivity contribution >= 4 is 0 Å². The lowest BCUT2D eigenvalue weighted by Crippen LogP contribution is -2.18. The summed E-state index contributed by atoms with van der Waals surface area (Å²) in [7, 11) is 2.16. The topological polar surface area (TPSA) is 23.5 Å². The van der Waals surface area contributed by atoms with E-state index in [2.05, 4.69) is 11.9 Å². The molecule has 1 unspecified atom stereocenters. The summed E-state index contributed by atoms with van der Waals surface area (Å²) < 4.78 is 0. The van der Waals surface area contributed by atoms with Crippen LogP contribution in [0.4, 0.5) is 0 Å². The third-order valence-electron chi connectivity index (χ3n) is 2.33. The number of likely N-dealkylation sites (tertiary alicyclic amines) is 1. The lowest BCUT2D eigenvalue weighted by Gasteiger charge is -2.10. The summed E-state index contributed by atoms with van der Waals surface area (Å²) in [5, 5.41) is 9.17. The smallest absolute Gasteiger partial charge is 0.0695 e. The average molecular weight is 169 g/mol. The first-order valence-corrected chi connectivity index (χ1v) is 4.74. The zero-order valence-corrected chi connectivity index (χ0v) is 8.08. The monoisotopic (exact) mass is 169 g/mol. The maximum atomic E-state index is 9.17. The molecule has 1 fully saturated rings. The van der Waals surface area contributed by atoms with Gasteiger partial charge < -0.3 is 10.0 Å². The van der Waals surface area contributed by atoms with Gasteiger partial charge in [-0.3, -0.25) is 0 Å². The fourth-order valence-corrected chi connectivity index (χ4v) is 1.66. The number of aliphatic hydroxyl groups is 1. The lowest BCUT2D eigenvalue weighted by atomic mass is 10.1. The van der Waals surface area contributed by atoms with Crippen LogP contribution < -0.4 is 0 Å². The Morgan fingerprint density at radius 3 is 2.83 bits per heavy atom. The zero-order valence-electron chi connectivity index (χ0n) is 8.08. The van der Waals surface area contributed by atoms with Gasteiger partial charge in [0.05, 0.1) is 6.10 Å². The molecule has 1 saturated heterocycles. The molecule has 0 aliphatic carbocycles. The quantitative estimate of drug-likeness (QED) is 0.600. The molecule has 0 aromatic heterocycles. The normalized spacial score (nSPS) is 27.1. The van der Waals surface area contributed by atoms with E-state index in [4.69, 9.17) is 0 Å². The minimum absolute atomic E-state index is 0.275. The highest BCUT2D eigenvalue weighted by molar-refractivity contribution is 5.06. The second-order valence-electron chi connectivity index (χ2n) is 3.72. The van der Waals surface area contributed by atoms with Gasteiger partial charge in [-0.05, 0) is 39.8 Å². The maximum absolute atomic E-state index is 9.17. The van der Waals surface area contributed by atoms with Crippen LogP contribution in [0.3, 0.4) is 0 Å². The molecule has 0 aromatic rings. The molecule has 0 radical (unpaired) electrons. The van der Waals surface area contributed by atoms with Crippen molar-refractivity contribution in [2.24, 2.45) is 0 Å². The molecule has 1 atom stereocenters. The zero-order chi connectivity index (χ0) is 8.97. The van der Waals surface area contributed by atoms with Gasteiger partial charge in [-0.15, -0.1) is 0 Å². The van der Waals surface area contributed by atoms with Crippen LogP contribution in [0.5, 0.6) is 0 Å². The molecular weight excluding hydrogens is 150 g/mol. The molecule has 1 aliphatic heterocycles. The molecule has 1 N–H and O–H groups in total. The Morgan fingerprint density at radius 1 is 1.42 bits per heavy atom. The van der Waals surface area contributed by atoms with Crippen molar-refractivity contribution in [1.82, 2.24) is 4.90 Å². The van der Waals surface area contributed by atoms with Crippen molar-refractivity contribution in [2.45, 2.75) is 32.3 Å². The van der Waals surface area contributed by atoms with Gasteiger partial charge in [0.1, 0.15) is 0 Å². The van der Waals surface area contributed by atoms with Gasteiger partial charge in [0.15, 0.2) is 0 Å². The molecule has 12 heavy (non-hydrogen) atoms. The van der Waals surface area contributed by atoms with Crippen LogP contribution in [0.2, 0.25) is 0 Å². The largest absolute Gasteiger partial charge is 0.389 e. The number of rotatable bonds is 1. The molecule has 0 aromatic carbocycles. The Balaban J connectivity index is 2.45. The van der Waals surface area contributed by atoms with E-state index in [-0.39, 0.29) is 6.10 Å². The number of hydrogen-bond donors (Lipinski definition) is 1. The van der Waals surface area contributed by atoms with E-state index < -0.39 is 0 Å². The van der Waals surface area contributed by atoms with Gasteiger partial charge in [-0.1, -0.05) is 11.6 Å². The molecule has 70 valence electrons. The molecule has 1 rings (SSSR count). The van der Waals surface area contributed by atoms with Crippen molar-refractivity contribution in [3.8, 4) is 0 Å². The summed E-state index contributed by atoms with van der Waals surface area (Å²) in [6.45, 7) is 4.15. The summed E-state index contributed by atoms with van der Waals surface area (Å²) >= 11 is 0. The lowest BCUT2D eigenvalue weighted by molar-refractivity contribution is 0.242. The van der Waals surface area contributed by atoms with Crippen molar-refractivity contribution in [3.05, 3.63) is 11.6 Å². The second kappa shape index (κ2) is 4.63. The summed E-state index contributed by atoms with van der Waals surface area (Å²) in [5.41, 5.74) is 1.43. The minimum Gasteiger partial charge on any atom is -0.389 e. The Labute approximate surface area is 74.9 Å². The first-order valence-electron chi connectivity index (χ1n) is 4.74. The Bertz CT molecular complexity index is 163. The van der Waals surface area contributed by atoms with Crippen LogP contribution in [0.1, 0.15) is 26.2 Å². The Hall–Kier alpha value is -0.340. The van der Waals surface area contributed by atoms with E-state index in [9.17, 15) is 5.11 Å². The minimum atomic E-state index is -0.275. The Kier molecular flexibility index (Phi) is 3.76. The molecule has 1 aliphatic rings. The third kappa shape index (κ3) is 3.37. The van der Waals surface area contributed by atoms with Gasteiger partial charge in [-0.25, -0.2) is 0 Å². The van der Waals surface area contributed by atoms with Gasteiger partial charge in [-0.2, -0.15) is 0 Å². The number of nitrogens with zero attached hydrogens (tertiary/aromatic N) is 1. The number of hydrogen-bond acceptors (Lipinski definition) is 2.